The fourth-order valence-electron chi connectivity index (χ4n) is 1.81. The van der Waals surface area contributed by atoms with Gasteiger partial charge in [0.25, 0.3) is 0 Å². The van der Waals surface area contributed by atoms with Gasteiger partial charge in [0.15, 0.2) is 0 Å². The van der Waals surface area contributed by atoms with Gasteiger partial charge in [-0.1, -0.05) is 29.8 Å². The van der Waals surface area contributed by atoms with Crippen molar-refractivity contribution in [1.29, 1.82) is 0 Å². The topological polar surface area (TPSA) is 32.3 Å². The highest BCUT2D eigenvalue weighted by molar-refractivity contribution is 6.30. The molecule has 20 heavy (non-hydrogen) atoms. The Balaban J connectivity index is 1.87. The van der Waals surface area contributed by atoms with Gasteiger partial charge >= 0.3 is 0 Å². The molecule has 2 N–H and O–H groups in total. The van der Waals surface area contributed by atoms with Gasteiger partial charge in [-0.3, -0.25) is 0 Å². The van der Waals surface area contributed by atoms with E-state index in [1.807, 2.05) is 0 Å². The number of hydrogen-bond acceptors (Lipinski definition) is 2. The number of hydrogen-bond donors (Lipinski definition) is 2. The van der Waals surface area contributed by atoms with Gasteiger partial charge in [-0.25, -0.2) is 8.78 Å². The van der Waals surface area contributed by atoms with Crippen LogP contribution in [0.4, 0.5) is 8.78 Å². The Morgan fingerprint density at radius 1 is 1.10 bits per heavy atom. The summed E-state index contributed by atoms with van der Waals surface area (Å²) in [5, 5.41) is 13.5. The molecule has 0 aliphatic carbocycles. The normalized spacial score (nSPS) is 12.4. The van der Waals surface area contributed by atoms with Crippen molar-refractivity contribution in [2.24, 2.45) is 0 Å². The van der Waals surface area contributed by atoms with E-state index in [-0.39, 0.29) is 13.1 Å². The lowest BCUT2D eigenvalue weighted by Gasteiger charge is -2.12. The molecule has 5 heteroatoms. The predicted molar refractivity (Wildman–Crippen MR) is 74.5 cm³/mol. The summed E-state index contributed by atoms with van der Waals surface area (Å²) in [6.45, 7) is 0.481. The number of nitrogens with one attached hydrogen (secondary N) is 1. The van der Waals surface area contributed by atoms with E-state index in [4.69, 9.17) is 11.6 Å². The largest absolute Gasteiger partial charge is 0.387 e. The van der Waals surface area contributed by atoms with E-state index in [0.717, 1.165) is 11.6 Å². The Kier molecular flexibility index (Phi) is 5.06. The van der Waals surface area contributed by atoms with Crippen molar-refractivity contribution in [2.75, 3.05) is 6.54 Å². The maximum atomic E-state index is 13.4. The molecule has 0 heterocycles. The Morgan fingerprint density at radius 3 is 2.45 bits per heavy atom. The lowest BCUT2D eigenvalue weighted by atomic mass is 10.1. The van der Waals surface area contributed by atoms with Gasteiger partial charge in [0.05, 0.1) is 6.10 Å². The average Bonchev–Trinajstić information content (AvgIpc) is 2.42. The standard InChI is InChI=1S/C15H14ClF2NO/c16-12-4-1-10(2-5-12)15(20)9-19-8-11-3-6-13(17)7-14(11)18/h1-7,15,19-20H,8-9H2. The van der Waals surface area contributed by atoms with Crippen molar-refractivity contribution in [2.45, 2.75) is 12.6 Å². The van der Waals surface area contributed by atoms with Crippen molar-refractivity contribution >= 4 is 11.6 Å². The molecule has 0 fully saturated rings. The second-order valence-electron chi connectivity index (χ2n) is 4.43. The smallest absolute Gasteiger partial charge is 0.130 e. The van der Waals surface area contributed by atoms with Crippen molar-refractivity contribution < 1.29 is 13.9 Å². The second kappa shape index (κ2) is 6.79. The third-order valence-electron chi connectivity index (χ3n) is 2.92. The quantitative estimate of drug-likeness (QED) is 0.886. The van der Waals surface area contributed by atoms with Crippen molar-refractivity contribution in [3.63, 3.8) is 0 Å². The Hall–Kier alpha value is -1.49. The van der Waals surface area contributed by atoms with E-state index >= 15 is 0 Å². The molecule has 2 aromatic rings. The van der Waals surface area contributed by atoms with E-state index < -0.39 is 17.7 Å². The van der Waals surface area contributed by atoms with Gasteiger partial charge in [0.2, 0.25) is 0 Å². The van der Waals surface area contributed by atoms with Crippen LogP contribution in [0.25, 0.3) is 0 Å². The molecule has 0 saturated carbocycles. The van der Waals surface area contributed by atoms with Gasteiger partial charge in [-0.15, -0.1) is 0 Å². The van der Waals surface area contributed by atoms with Crippen LogP contribution in [0.5, 0.6) is 0 Å². The molecule has 0 aromatic heterocycles. The second-order valence-corrected chi connectivity index (χ2v) is 4.87. The van der Waals surface area contributed by atoms with E-state index in [1.54, 1.807) is 24.3 Å². The summed E-state index contributed by atoms with van der Waals surface area (Å²) in [5.74, 6) is -1.20. The molecule has 0 amide bonds. The first kappa shape index (κ1) is 14.9. The molecule has 0 saturated heterocycles. The predicted octanol–water partition coefficient (Wildman–Crippen LogP) is 3.44. The van der Waals surface area contributed by atoms with Crippen LogP contribution in [-0.4, -0.2) is 11.7 Å². The maximum Gasteiger partial charge on any atom is 0.130 e. The summed E-state index contributed by atoms with van der Waals surface area (Å²) in [6, 6.07) is 10.3. The lowest BCUT2D eigenvalue weighted by Crippen LogP contribution is -2.21. The van der Waals surface area contributed by atoms with Crippen molar-refractivity contribution in [1.82, 2.24) is 5.32 Å². The summed E-state index contributed by atoms with van der Waals surface area (Å²) in [7, 11) is 0. The molecule has 0 bridgehead atoms. The Bertz CT molecular complexity index is 575. The average molecular weight is 298 g/mol. The van der Waals surface area contributed by atoms with Gasteiger partial charge < -0.3 is 10.4 Å². The Morgan fingerprint density at radius 2 is 1.80 bits per heavy atom. The first-order chi connectivity index (χ1) is 9.56. The number of aliphatic hydroxyl groups is 1. The van der Waals surface area contributed by atoms with E-state index in [1.165, 1.54) is 12.1 Å². The highest BCUT2D eigenvalue weighted by Gasteiger charge is 2.08. The minimum atomic E-state index is -0.712. The molecular formula is C15H14ClF2NO. The van der Waals surface area contributed by atoms with Gasteiger partial charge in [0.1, 0.15) is 11.6 Å². The summed E-state index contributed by atoms with van der Waals surface area (Å²) >= 11 is 5.76. The van der Waals surface area contributed by atoms with Crippen LogP contribution in [0.15, 0.2) is 42.5 Å². The van der Waals surface area contributed by atoms with E-state index in [0.29, 0.717) is 10.6 Å². The zero-order chi connectivity index (χ0) is 14.5. The maximum absolute atomic E-state index is 13.4. The van der Waals surface area contributed by atoms with Gasteiger partial charge in [0, 0.05) is 29.7 Å². The molecule has 1 unspecified atom stereocenters. The van der Waals surface area contributed by atoms with Crippen molar-refractivity contribution in [3.05, 3.63) is 70.2 Å². The number of rotatable bonds is 5. The highest BCUT2D eigenvalue weighted by atomic mass is 35.5. The molecule has 1 atom stereocenters. The first-order valence-electron chi connectivity index (χ1n) is 6.14. The number of aliphatic hydroxyl groups excluding tert-OH is 1. The third-order valence-corrected chi connectivity index (χ3v) is 3.18. The molecule has 0 spiro atoms. The van der Waals surface area contributed by atoms with Crippen molar-refractivity contribution in [3.8, 4) is 0 Å². The van der Waals surface area contributed by atoms with Crippen LogP contribution in [-0.2, 0) is 6.54 Å². The molecule has 0 aliphatic rings. The number of benzene rings is 2. The van der Waals surface area contributed by atoms with Crippen LogP contribution in [0.3, 0.4) is 0 Å². The molecule has 0 aliphatic heterocycles. The fraction of sp³-hybridized carbons (Fsp3) is 0.200. The highest BCUT2D eigenvalue weighted by Crippen LogP contribution is 2.16. The molecule has 106 valence electrons. The zero-order valence-corrected chi connectivity index (χ0v) is 11.4. The minimum Gasteiger partial charge on any atom is -0.387 e. The molecule has 2 rings (SSSR count). The lowest BCUT2D eigenvalue weighted by molar-refractivity contribution is 0.174. The summed E-state index contributed by atoms with van der Waals surface area (Å²) in [6.07, 6.45) is -0.712. The molecular weight excluding hydrogens is 284 g/mol. The van der Waals surface area contributed by atoms with Gasteiger partial charge in [-0.05, 0) is 23.8 Å². The Labute approximate surface area is 121 Å². The zero-order valence-electron chi connectivity index (χ0n) is 10.6. The van der Waals surface area contributed by atoms with E-state index in [9.17, 15) is 13.9 Å². The fourth-order valence-corrected chi connectivity index (χ4v) is 1.94. The molecule has 2 aromatic carbocycles. The van der Waals surface area contributed by atoms with Crippen LogP contribution in [0.1, 0.15) is 17.2 Å². The third kappa shape index (κ3) is 4.00. The summed E-state index contributed by atoms with van der Waals surface area (Å²) < 4.78 is 26.1. The summed E-state index contributed by atoms with van der Waals surface area (Å²) in [4.78, 5) is 0. The van der Waals surface area contributed by atoms with Crippen LogP contribution in [0, 0.1) is 11.6 Å². The van der Waals surface area contributed by atoms with Crippen LogP contribution >= 0.6 is 11.6 Å². The number of halogens is 3. The van der Waals surface area contributed by atoms with Crippen LogP contribution in [0.2, 0.25) is 5.02 Å². The summed E-state index contributed by atoms with van der Waals surface area (Å²) in [5.41, 5.74) is 1.08. The molecule has 0 radical (unpaired) electrons. The first-order valence-corrected chi connectivity index (χ1v) is 6.52. The van der Waals surface area contributed by atoms with Crippen LogP contribution < -0.4 is 5.32 Å². The molecule has 2 nitrogen and oxygen atoms in total. The SMILES string of the molecule is OC(CNCc1ccc(F)cc1F)c1ccc(Cl)cc1. The van der Waals surface area contributed by atoms with E-state index in [2.05, 4.69) is 5.32 Å². The van der Waals surface area contributed by atoms with Gasteiger partial charge in [-0.2, -0.15) is 0 Å². The minimum absolute atomic E-state index is 0.219. The monoisotopic (exact) mass is 297 g/mol.